The van der Waals surface area contributed by atoms with Crippen LogP contribution in [-0.2, 0) is 0 Å². The SMILES string of the molecule is C(#Cc1ccccc1)c1[c]cc(C#Cc2ccccc2)c(C#Cc2ccccc2)c1. The minimum atomic E-state index is 0.793. The summed E-state index contributed by atoms with van der Waals surface area (Å²) in [5.74, 6) is 19.3. The molecule has 0 N–H and O–H groups in total. The van der Waals surface area contributed by atoms with Gasteiger partial charge in [0.1, 0.15) is 0 Å². The van der Waals surface area contributed by atoms with Gasteiger partial charge in [-0.1, -0.05) is 90.1 Å². The van der Waals surface area contributed by atoms with Crippen molar-refractivity contribution in [3.05, 3.63) is 143 Å². The van der Waals surface area contributed by atoms with Crippen LogP contribution in [0.4, 0.5) is 0 Å². The number of hydrogen-bond acceptors (Lipinski definition) is 0. The number of rotatable bonds is 0. The average molecular weight is 377 g/mol. The Morgan fingerprint density at radius 2 is 0.867 bits per heavy atom. The summed E-state index contributed by atoms with van der Waals surface area (Å²) in [6.07, 6.45) is 0. The summed E-state index contributed by atoms with van der Waals surface area (Å²) in [7, 11) is 0. The Labute approximate surface area is 178 Å². The monoisotopic (exact) mass is 377 g/mol. The van der Waals surface area contributed by atoms with Crippen LogP contribution < -0.4 is 0 Å². The van der Waals surface area contributed by atoms with Crippen molar-refractivity contribution < 1.29 is 0 Å². The Morgan fingerprint density at radius 3 is 1.37 bits per heavy atom. The Bertz CT molecular complexity index is 1310. The minimum Gasteiger partial charge on any atom is -0.0622 e. The fourth-order valence-corrected chi connectivity index (χ4v) is 2.75. The van der Waals surface area contributed by atoms with Crippen molar-refractivity contribution in [1.29, 1.82) is 0 Å². The number of hydrogen-bond donors (Lipinski definition) is 0. The predicted molar refractivity (Wildman–Crippen MR) is 123 cm³/mol. The molecule has 1 radical (unpaired) electrons. The molecule has 0 heteroatoms. The van der Waals surface area contributed by atoms with Crippen LogP contribution in [0.1, 0.15) is 33.4 Å². The molecule has 4 aromatic rings. The topological polar surface area (TPSA) is 0 Å². The molecular weight excluding hydrogens is 360 g/mol. The molecule has 137 valence electrons. The molecule has 0 spiro atoms. The molecule has 0 saturated heterocycles. The van der Waals surface area contributed by atoms with Gasteiger partial charge in [-0.3, -0.25) is 0 Å². The zero-order chi connectivity index (χ0) is 20.4. The molecule has 0 nitrogen and oxygen atoms in total. The van der Waals surface area contributed by atoms with E-state index in [2.05, 4.69) is 41.6 Å². The molecule has 0 saturated carbocycles. The van der Waals surface area contributed by atoms with Crippen LogP contribution in [0.25, 0.3) is 0 Å². The molecule has 0 aliphatic heterocycles. The van der Waals surface area contributed by atoms with Crippen molar-refractivity contribution in [1.82, 2.24) is 0 Å². The highest BCUT2D eigenvalue weighted by atomic mass is 14.0. The maximum atomic E-state index is 3.26. The summed E-state index contributed by atoms with van der Waals surface area (Å²) in [6, 6.07) is 36.8. The van der Waals surface area contributed by atoms with E-state index in [-0.39, 0.29) is 0 Å². The second-order valence-corrected chi connectivity index (χ2v) is 6.52. The molecule has 0 aliphatic carbocycles. The second kappa shape index (κ2) is 9.66. The molecule has 0 fully saturated rings. The molecule has 4 aromatic carbocycles. The first-order chi connectivity index (χ1) is 14.9. The van der Waals surface area contributed by atoms with Gasteiger partial charge in [-0.05, 0) is 54.6 Å². The van der Waals surface area contributed by atoms with Crippen LogP contribution in [0.3, 0.4) is 0 Å². The zero-order valence-electron chi connectivity index (χ0n) is 16.3. The maximum Gasteiger partial charge on any atom is 0.0418 e. The molecule has 0 aliphatic rings. The van der Waals surface area contributed by atoms with E-state index in [0.29, 0.717) is 0 Å². The summed E-state index contributed by atoms with van der Waals surface area (Å²) < 4.78 is 0. The van der Waals surface area contributed by atoms with Gasteiger partial charge < -0.3 is 0 Å². The van der Waals surface area contributed by atoms with E-state index in [9.17, 15) is 0 Å². The molecule has 0 amide bonds. The van der Waals surface area contributed by atoms with E-state index in [0.717, 1.165) is 33.4 Å². The largest absolute Gasteiger partial charge is 0.0622 e. The lowest BCUT2D eigenvalue weighted by Crippen LogP contribution is -1.88. The van der Waals surface area contributed by atoms with Crippen molar-refractivity contribution in [3.63, 3.8) is 0 Å². The van der Waals surface area contributed by atoms with Gasteiger partial charge in [-0.25, -0.2) is 0 Å². The third-order valence-electron chi connectivity index (χ3n) is 4.30. The molecule has 4 rings (SSSR count). The van der Waals surface area contributed by atoms with Gasteiger partial charge in [0.15, 0.2) is 0 Å². The molecular formula is C30H17. The van der Waals surface area contributed by atoms with Gasteiger partial charge in [0.25, 0.3) is 0 Å². The third kappa shape index (κ3) is 5.30. The molecule has 0 heterocycles. The van der Waals surface area contributed by atoms with E-state index >= 15 is 0 Å². The van der Waals surface area contributed by atoms with Gasteiger partial charge in [0.2, 0.25) is 0 Å². The molecule has 0 aromatic heterocycles. The van der Waals surface area contributed by atoms with Gasteiger partial charge in [0.05, 0.1) is 0 Å². The lowest BCUT2D eigenvalue weighted by Gasteiger charge is -1.98. The lowest BCUT2D eigenvalue weighted by molar-refractivity contribution is 1.53. The standard InChI is InChI=1S/C30H17/c1-4-10-25(11-5-1)16-17-28-20-22-29(21-18-26-12-6-2-7-13-26)30(24-28)23-19-27-14-8-3-9-15-27/h1-15,22,24H. The minimum absolute atomic E-state index is 0.793. The van der Waals surface area contributed by atoms with Crippen molar-refractivity contribution in [2.75, 3.05) is 0 Å². The predicted octanol–water partition coefficient (Wildman–Crippen LogP) is 5.69. The highest BCUT2D eigenvalue weighted by molar-refractivity contribution is 5.57. The summed E-state index contributed by atoms with van der Waals surface area (Å²) in [6.45, 7) is 0. The maximum absolute atomic E-state index is 3.26. The van der Waals surface area contributed by atoms with Crippen molar-refractivity contribution in [2.45, 2.75) is 0 Å². The van der Waals surface area contributed by atoms with Crippen LogP contribution in [0, 0.1) is 41.6 Å². The lowest BCUT2D eigenvalue weighted by atomic mass is 10.0. The van der Waals surface area contributed by atoms with E-state index in [4.69, 9.17) is 0 Å². The Hall–Kier alpha value is -4.44. The zero-order valence-corrected chi connectivity index (χ0v) is 16.3. The third-order valence-corrected chi connectivity index (χ3v) is 4.30. The Balaban J connectivity index is 1.72. The Kier molecular flexibility index (Phi) is 6.09. The summed E-state index contributed by atoms with van der Waals surface area (Å²) in [5, 5.41) is 0. The van der Waals surface area contributed by atoms with Crippen molar-refractivity contribution >= 4 is 0 Å². The van der Waals surface area contributed by atoms with E-state index in [1.54, 1.807) is 0 Å². The molecule has 30 heavy (non-hydrogen) atoms. The fraction of sp³-hybridized carbons (Fsp3) is 0. The van der Waals surface area contributed by atoms with Crippen LogP contribution >= 0.6 is 0 Å². The highest BCUT2D eigenvalue weighted by Gasteiger charge is 2.00. The van der Waals surface area contributed by atoms with E-state index in [1.165, 1.54) is 0 Å². The van der Waals surface area contributed by atoms with Crippen molar-refractivity contribution in [2.24, 2.45) is 0 Å². The van der Waals surface area contributed by atoms with Crippen LogP contribution in [0.2, 0.25) is 0 Å². The fourth-order valence-electron chi connectivity index (χ4n) is 2.75. The summed E-state index contributed by atoms with van der Waals surface area (Å²) in [5.41, 5.74) is 5.37. The molecule has 0 atom stereocenters. The van der Waals surface area contributed by atoms with E-state index in [1.807, 2.05) is 103 Å². The first-order valence-electron chi connectivity index (χ1n) is 9.64. The quantitative estimate of drug-likeness (QED) is 0.346. The van der Waals surface area contributed by atoms with Crippen LogP contribution in [0.5, 0.6) is 0 Å². The van der Waals surface area contributed by atoms with Crippen LogP contribution in [-0.4, -0.2) is 0 Å². The van der Waals surface area contributed by atoms with Gasteiger partial charge in [-0.2, -0.15) is 0 Å². The highest BCUT2D eigenvalue weighted by Crippen LogP contribution is 2.11. The van der Waals surface area contributed by atoms with Gasteiger partial charge in [-0.15, -0.1) is 0 Å². The summed E-state index contributed by atoms with van der Waals surface area (Å²) in [4.78, 5) is 0. The van der Waals surface area contributed by atoms with Gasteiger partial charge in [0, 0.05) is 33.4 Å². The first-order valence-corrected chi connectivity index (χ1v) is 9.64. The first kappa shape index (κ1) is 18.9. The molecule has 0 bridgehead atoms. The van der Waals surface area contributed by atoms with Gasteiger partial charge >= 0.3 is 0 Å². The second-order valence-electron chi connectivity index (χ2n) is 6.52. The smallest absolute Gasteiger partial charge is 0.0418 e. The molecule has 0 unspecified atom stereocenters. The normalized spacial score (nSPS) is 9.20. The van der Waals surface area contributed by atoms with E-state index < -0.39 is 0 Å². The number of benzene rings is 4. The Morgan fingerprint density at radius 1 is 0.433 bits per heavy atom. The average Bonchev–Trinajstić information content (AvgIpc) is 2.82. The van der Waals surface area contributed by atoms with Crippen LogP contribution in [0.15, 0.2) is 103 Å². The summed E-state index contributed by atoms with van der Waals surface area (Å²) >= 11 is 0. The van der Waals surface area contributed by atoms with Crippen molar-refractivity contribution in [3.8, 4) is 35.5 Å².